The number of methoxy groups -OCH3 is 3. The SMILES string of the molecule is CC=CC(CCCCCCC)CC(CCCOC)(OC)OC. The molecule has 0 rings (SSSR count). The molecule has 0 saturated heterocycles. The van der Waals surface area contributed by atoms with Crippen molar-refractivity contribution in [1.82, 2.24) is 0 Å². The zero-order valence-corrected chi connectivity index (χ0v) is 15.5. The quantitative estimate of drug-likeness (QED) is 0.232. The van der Waals surface area contributed by atoms with Gasteiger partial charge in [0.1, 0.15) is 0 Å². The molecular formula is C19H38O3. The van der Waals surface area contributed by atoms with E-state index in [1.165, 1.54) is 38.5 Å². The van der Waals surface area contributed by atoms with Crippen LogP contribution in [0.2, 0.25) is 0 Å². The molecule has 3 nitrogen and oxygen atoms in total. The van der Waals surface area contributed by atoms with E-state index < -0.39 is 5.79 Å². The van der Waals surface area contributed by atoms with E-state index in [1.807, 2.05) is 0 Å². The highest BCUT2D eigenvalue weighted by Gasteiger charge is 2.31. The van der Waals surface area contributed by atoms with E-state index in [4.69, 9.17) is 14.2 Å². The second-order valence-electron chi connectivity index (χ2n) is 6.11. The Hall–Kier alpha value is -0.380. The average molecular weight is 315 g/mol. The minimum Gasteiger partial charge on any atom is -0.385 e. The number of hydrogen-bond acceptors (Lipinski definition) is 3. The maximum absolute atomic E-state index is 5.74. The molecule has 0 fully saturated rings. The van der Waals surface area contributed by atoms with Crippen LogP contribution in [0.4, 0.5) is 0 Å². The van der Waals surface area contributed by atoms with Crippen LogP contribution in [0.5, 0.6) is 0 Å². The van der Waals surface area contributed by atoms with Crippen LogP contribution in [-0.4, -0.2) is 33.7 Å². The number of allylic oxidation sites excluding steroid dienone is 2. The Morgan fingerprint density at radius 2 is 1.64 bits per heavy atom. The molecule has 0 heterocycles. The molecule has 0 aromatic heterocycles. The van der Waals surface area contributed by atoms with Crippen molar-refractivity contribution in [3.63, 3.8) is 0 Å². The molecule has 22 heavy (non-hydrogen) atoms. The Balaban J connectivity index is 4.43. The Kier molecular flexibility index (Phi) is 14.0. The lowest BCUT2D eigenvalue weighted by Crippen LogP contribution is -2.36. The van der Waals surface area contributed by atoms with Crippen LogP contribution in [0.1, 0.15) is 71.6 Å². The van der Waals surface area contributed by atoms with Crippen molar-refractivity contribution in [2.45, 2.75) is 77.4 Å². The van der Waals surface area contributed by atoms with Crippen molar-refractivity contribution in [3.05, 3.63) is 12.2 Å². The van der Waals surface area contributed by atoms with Crippen LogP contribution in [0.15, 0.2) is 12.2 Å². The largest absolute Gasteiger partial charge is 0.385 e. The molecule has 1 atom stereocenters. The van der Waals surface area contributed by atoms with Gasteiger partial charge in [0, 0.05) is 40.8 Å². The number of unbranched alkanes of at least 4 members (excludes halogenated alkanes) is 4. The van der Waals surface area contributed by atoms with Crippen LogP contribution in [0.3, 0.4) is 0 Å². The molecule has 0 spiro atoms. The smallest absolute Gasteiger partial charge is 0.168 e. The van der Waals surface area contributed by atoms with E-state index >= 15 is 0 Å². The molecule has 0 saturated carbocycles. The Morgan fingerprint density at radius 1 is 0.955 bits per heavy atom. The maximum atomic E-state index is 5.74. The van der Waals surface area contributed by atoms with E-state index in [-0.39, 0.29) is 0 Å². The van der Waals surface area contributed by atoms with E-state index in [2.05, 4.69) is 26.0 Å². The molecule has 132 valence electrons. The van der Waals surface area contributed by atoms with Gasteiger partial charge in [0.15, 0.2) is 5.79 Å². The molecule has 0 bridgehead atoms. The van der Waals surface area contributed by atoms with E-state index in [9.17, 15) is 0 Å². The summed E-state index contributed by atoms with van der Waals surface area (Å²) in [5.74, 6) is 0.0423. The molecule has 0 radical (unpaired) electrons. The zero-order valence-electron chi connectivity index (χ0n) is 15.5. The van der Waals surface area contributed by atoms with Crippen molar-refractivity contribution in [1.29, 1.82) is 0 Å². The summed E-state index contributed by atoms with van der Waals surface area (Å²) in [4.78, 5) is 0. The summed E-state index contributed by atoms with van der Waals surface area (Å²) in [5, 5.41) is 0. The third-order valence-corrected chi connectivity index (χ3v) is 4.37. The zero-order chi connectivity index (χ0) is 16.7. The molecule has 1 unspecified atom stereocenters. The predicted octanol–water partition coefficient (Wildman–Crippen LogP) is 5.35. The van der Waals surface area contributed by atoms with Crippen molar-refractivity contribution in [2.24, 2.45) is 5.92 Å². The first-order chi connectivity index (χ1) is 10.7. The average Bonchev–Trinajstić information content (AvgIpc) is 2.54. The summed E-state index contributed by atoms with van der Waals surface area (Å²) in [6.07, 6.45) is 15.1. The summed E-state index contributed by atoms with van der Waals surface area (Å²) in [6.45, 7) is 5.10. The molecule has 0 aromatic rings. The van der Waals surface area contributed by atoms with Gasteiger partial charge < -0.3 is 14.2 Å². The standard InChI is InChI=1S/C19H38O3/c1-6-8-9-10-11-14-18(13-7-2)17-19(21-4,22-5)15-12-16-20-3/h7,13,18H,6,8-12,14-17H2,1-5H3. The van der Waals surface area contributed by atoms with Crippen molar-refractivity contribution >= 4 is 0 Å². The van der Waals surface area contributed by atoms with E-state index in [0.29, 0.717) is 5.92 Å². The van der Waals surface area contributed by atoms with Gasteiger partial charge in [0.2, 0.25) is 0 Å². The monoisotopic (exact) mass is 314 g/mol. The summed E-state index contributed by atoms with van der Waals surface area (Å²) >= 11 is 0. The van der Waals surface area contributed by atoms with Crippen molar-refractivity contribution in [3.8, 4) is 0 Å². The molecule has 3 heteroatoms. The van der Waals surface area contributed by atoms with Gasteiger partial charge in [-0.25, -0.2) is 0 Å². The third-order valence-electron chi connectivity index (χ3n) is 4.37. The van der Waals surface area contributed by atoms with Gasteiger partial charge in [-0.1, -0.05) is 51.2 Å². The summed E-state index contributed by atoms with van der Waals surface area (Å²) in [6, 6.07) is 0. The van der Waals surface area contributed by atoms with E-state index in [1.54, 1.807) is 21.3 Å². The van der Waals surface area contributed by atoms with Gasteiger partial charge in [-0.15, -0.1) is 0 Å². The van der Waals surface area contributed by atoms with Gasteiger partial charge in [-0.3, -0.25) is 0 Å². The summed E-state index contributed by atoms with van der Waals surface area (Å²) < 4.78 is 16.6. The van der Waals surface area contributed by atoms with Crippen LogP contribution >= 0.6 is 0 Å². The molecule has 0 N–H and O–H groups in total. The lowest BCUT2D eigenvalue weighted by atomic mass is 9.90. The molecule has 0 aliphatic rings. The molecular weight excluding hydrogens is 276 g/mol. The first kappa shape index (κ1) is 21.6. The summed E-state index contributed by atoms with van der Waals surface area (Å²) in [7, 11) is 5.24. The van der Waals surface area contributed by atoms with Gasteiger partial charge in [0.05, 0.1) is 0 Å². The Bertz CT molecular complexity index is 259. The van der Waals surface area contributed by atoms with Gasteiger partial charge >= 0.3 is 0 Å². The fourth-order valence-electron chi connectivity index (χ4n) is 2.99. The predicted molar refractivity (Wildman–Crippen MR) is 94.2 cm³/mol. The van der Waals surface area contributed by atoms with Crippen LogP contribution in [0.25, 0.3) is 0 Å². The fourth-order valence-corrected chi connectivity index (χ4v) is 2.99. The minimum atomic E-state index is -0.480. The lowest BCUT2D eigenvalue weighted by Gasteiger charge is -2.33. The first-order valence-corrected chi connectivity index (χ1v) is 8.90. The third kappa shape index (κ3) is 9.60. The van der Waals surface area contributed by atoms with Crippen molar-refractivity contribution < 1.29 is 14.2 Å². The van der Waals surface area contributed by atoms with Crippen LogP contribution in [0, 0.1) is 5.92 Å². The maximum Gasteiger partial charge on any atom is 0.168 e. The number of rotatable bonds is 15. The minimum absolute atomic E-state index is 0.480. The topological polar surface area (TPSA) is 27.7 Å². The Morgan fingerprint density at radius 3 is 2.18 bits per heavy atom. The van der Waals surface area contributed by atoms with Crippen molar-refractivity contribution in [2.75, 3.05) is 27.9 Å². The molecule has 0 aliphatic carbocycles. The normalized spacial score (nSPS) is 13.9. The van der Waals surface area contributed by atoms with Gasteiger partial charge in [0.25, 0.3) is 0 Å². The first-order valence-electron chi connectivity index (χ1n) is 8.90. The highest BCUT2D eigenvalue weighted by Crippen LogP contribution is 2.30. The second-order valence-corrected chi connectivity index (χ2v) is 6.11. The molecule has 0 amide bonds. The van der Waals surface area contributed by atoms with Gasteiger partial charge in [-0.05, 0) is 25.7 Å². The number of ether oxygens (including phenoxy) is 3. The van der Waals surface area contributed by atoms with Crippen LogP contribution < -0.4 is 0 Å². The highest BCUT2D eigenvalue weighted by atomic mass is 16.7. The molecule has 0 aliphatic heterocycles. The molecule has 0 aromatic carbocycles. The van der Waals surface area contributed by atoms with Crippen LogP contribution in [-0.2, 0) is 14.2 Å². The lowest BCUT2D eigenvalue weighted by molar-refractivity contribution is -0.221. The Labute approximate surface area is 138 Å². The fraction of sp³-hybridized carbons (Fsp3) is 0.895. The summed E-state index contributed by atoms with van der Waals surface area (Å²) in [5.41, 5.74) is 0. The highest BCUT2D eigenvalue weighted by molar-refractivity contribution is 4.89. The van der Waals surface area contributed by atoms with E-state index in [0.717, 1.165) is 25.9 Å². The number of hydrogen-bond donors (Lipinski definition) is 0. The second kappa shape index (κ2) is 14.2. The van der Waals surface area contributed by atoms with Gasteiger partial charge in [-0.2, -0.15) is 0 Å².